The molecule has 24 heavy (non-hydrogen) atoms. The number of carboxylic acids is 1. The van der Waals surface area contributed by atoms with Crippen molar-refractivity contribution < 1.29 is 69.9 Å². The number of hydrogen-bond acceptors (Lipinski definition) is 12. The minimum Gasteiger partial charge on any atom is -0.481 e. The van der Waals surface area contributed by atoms with Crippen molar-refractivity contribution in [1.82, 2.24) is 0 Å². The summed E-state index contributed by atoms with van der Waals surface area (Å²) in [5.74, 6) is -15.1. The lowest BCUT2D eigenvalue weighted by Crippen LogP contribution is -2.99. The first-order valence-electron chi connectivity index (χ1n) is 6.24. The highest BCUT2D eigenvalue weighted by molar-refractivity contribution is 5.70. The molecular formula is C10H18NO13+. The van der Waals surface area contributed by atoms with Crippen molar-refractivity contribution in [3.05, 3.63) is 0 Å². The summed E-state index contributed by atoms with van der Waals surface area (Å²) in [6.45, 7) is 0.686. The van der Waals surface area contributed by atoms with Gasteiger partial charge in [-0.1, -0.05) is 4.48 Å². The number of hydrogen-bond donors (Lipinski definition) is 10. The second kappa shape index (κ2) is 5.53. The van der Waals surface area contributed by atoms with Gasteiger partial charge in [-0.05, 0) is 0 Å². The van der Waals surface area contributed by atoms with Gasteiger partial charge in [-0.25, -0.2) is 0 Å². The molecule has 0 spiro atoms. The number of esters is 1. The molecule has 1 fully saturated rings. The van der Waals surface area contributed by atoms with Gasteiger partial charge in [-0.3, -0.25) is 24.9 Å². The van der Waals surface area contributed by atoms with Crippen molar-refractivity contribution in [2.45, 2.75) is 49.7 Å². The van der Waals surface area contributed by atoms with Gasteiger partial charge in [0.05, 0.1) is 6.42 Å². The highest BCUT2D eigenvalue weighted by atomic mass is 16.8. The molecule has 14 nitrogen and oxygen atoms in total. The second-order valence-corrected chi connectivity index (χ2v) is 5.38. The first-order valence-corrected chi connectivity index (χ1v) is 6.24. The minimum atomic E-state index is -4.65. The topological polar surface area (TPSA) is 246 Å². The molecule has 1 unspecified atom stereocenters. The van der Waals surface area contributed by atoms with Gasteiger partial charge in [0.25, 0.3) is 0 Å². The van der Waals surface area contributed by atoms with Gasteiger partial charge in [0, 0.05) is 6.92 Å². The Morgan fingerprint density at radius 1 is 1.08 bits per heavy atom. The number of rotatable bonds is 6. The Kier molecular flexibility index (Phi) is 4.74. The highest BCUT2D eigenvalue weighted by Crippen LogP contribution is 2.56. The Labute approximate surface area is 132 Å². The average molecular weight is 360 g/mol. The van der Waals surface area contributed by atoms with Crippen molar-refractivity contribution in [2.75, 3.05) is 0 Å². The van der Waals surface area contributed by atoms with E-state index in [-0.39, 0.29) is 0 Å². The van der Waals surface area contributed by atoms with E-state index in [1.807, 2.05) is 0 Å². The molecule has 1 aliphatic rings. The van der Waals surface area contributed by atoms with Crippen LogP contribution in [0.4, 0.5) is 0 Å². The molecule has 0 saturated carbocycles. The van der Waals surface area contributed by atoms with Crippen LogP contribution in [-0.2, 0) is 14.3 Å². The van der Waals surface area contributed by atoms with E-state index in [0.29, 0.717) is 6.92 Å². The normalized spacial score (nSPS) is 23.1. The third kappa shape index (κ3) is 2.64. The SMILES string of the molecule is CC(=O)OC(CC(=O)O)C(O)(O)[N+]1(C(O)(O)O)C(O)(O)CC1(O)O. The van der Waals surface area contributed by atoms with E-state index in [9.17, 15) is 55.5 Å². The Hall–Kier alpha value is -1.46. The molecule has 10 N–H and O–H groups in total. The molecule has 1 heterocycles. The van der Waals surface area contributed by atoms with Crippen LogP contribution in [0.25, 0.3) is 0 Å². The van der Waals surface area contributed by atoms with Crippen molar-refractivity contribution in [1.29, 1.82) is 0 Å². The predicted molar refractivity (Wildman–Crippen MR) is 63.6 cm³/mol. The maximum absolute atomic E-state index is 11.0. The Bertz CT molecular complexity index is 486. The number of aliphatic hydroxyl groups is 9. The van der Waals surface area contributed by atoms with Crippen LogP contribution < -0.4 is 0 Å². The van der Waals surface area contributed by atoms with Gasteiger partial charge in [-0.15, -0.1) is 0 Å². The molecule has 14 heteroatoms. The average Bonchev–Trinajstić information content (AvgIpc) is 2.20. The fraction of sp³-hybridized carbons (Fsp3) is 0.800. The largest absolute Gasteiger partial charge is 0.481 e. The number of carbonyl (C=O) groups excluding carboxylic acids is 1. The number of carbonyl (C=O) groups is 2. The van der Waals surface area contributed by atoms with Gasteiger partial charge < -0.3 is 40.5 Å². The highest BCUT2D eigenvalue weighted by Gasteiger charge is 2.92. The summed E-state index contributed by atoms with van der Waals surface area (Å²) >= 11 is 0. The maximum Gasteiger partial charge on any atom is 0.455 e. The molecular weight excluding hydrogens is 342 g/mol. The van der Waals surface area contributed by atoms with E-state index >= 15 is 0 Å². The van der Waals surface area contributed by atoms with Crippen LogP contribution in [0.5, 0.6) is 0 Å². The number of quaternary nitrogens is 1. The van der Waals surface area contributed by atoms with Gasteiger partial charge in [0.15, 0.2) is 6.42 Å². The third-order valence-electron chi connectivity index (χ3n) is 3.59. The number of ether oxygens (including phenoxy) is 1. The third-order valence-corrected chi connectivity index (χ3v) is 3.59. The van der Waals surface area contributed by atoms with Crippen LogP contribution in [0.1, 0.15) is 19.8 Å². The molecule has 0 aromatic rings. The lowest BCUT2D eigenvalue weighted by atomic mass is 9.91. The van der Waals surface area contributed by atoms with E-state index in [1.165, 1.54) is 0 Å². The molecule has 140 valence electrons. The summed E-state index contributed by atoms with van der Waals surface area (Å²) in [4.78, 5) is 21.8. The number of likely N-dealkylation sites (tertiary alicyclic amines) is 1. The molecule has 1 saturated heterocycles. The van der Waals surface area contributed by atoms with E-state index in [4.69, 9.17) is 5.11 Å². The van der Waals surface area contributed by atoms with E-state index < -0.39 is 59.2 Å². The maximum atomic E-state index is 11.0. The van der Waals surface area contributed by atoms with Crippen LogP contribution >= 0.6 is 0 Å². The van der Waals surface area contributed by atoms with Gasteiger partial charge >= 0.3 is 35.8 Å². The predicted octanol–water partition coefficient (Wildman–Crippen LogP) is -5.88. The molecule has 0 radical (unpaired) electrons. The Morgan fingerprint density at radius 2 is 1.50 bits per heavy atom. The fourth-order valence-corrected chi connectivity index (χ4v) is 2.81. The van der Waals surface area contributed by atoms with Gasteiger partial charge in [0.1, 0.15) is 0 Å². The van der Waals surface area contributed by atoms with Crippen molar-refractivity contribution >= 4 is 11.9 Å². The van der Waals surface area contributed by atoms with Crippen LogP contribution in [0.3, 0.4) is 0 Å². The summed E-state index contributed by atoms with van der Waals surface area (Å²) in [6.07, 6.45) is -10.4. The summed E-state index contributed by atoms with van der Waals surface area (Å²) in [6, 6.07) is 0. The monoisotopic (exact) mass is 360 g/mol. The molecule has 0 aromatic carbocycles. The van der Waals surface area contributed by atoms with Crippen LogP contribution in [0.15, 0.2) is 0 Å². The molecule has 1 aliphatic heterocycles. The lowest BCUT2D eigenvalue weighted by Gasteiger charge is -2.65. The van der Waals surface area contributed by atoms with Gasteiger partial charge in [0.2, 0.25) is 6.10 Å². The number of carboxylic acid groups (broad SMARTS) is 1. The van der Waals surface area contributed by atoms with Crippen molar-refractivity contribution in [3.63, 3.8) is 0 Å². The summed E-state index contributed by atoms with van der Waals surface area (Å²) in [5.41, 5.74) is 0. The standard InChI is InChI=1S/C10H17NO13/c1-4(12)24-5(2-6(13)14)9(19,20)11(10(21,22)23)7(15,16)3-8(11,17)18/h5,15-23H,2-3H2,1H3/p+1. The first-order chi connectivity index (χ1) is 10.4. The molecule has 0 aliphatic carbocycles. The van der Waals surface area contributed by atoms with Crippen molar-refractivity contribution in [3.8, 4) is 0 Å². The van der Waals surface area contributed by atoms with Crippen LogP contribution in [0, 0.1) is 0 Å². The zero-order valence-electron chi connectivity index (χ0n) is 12.1. The molecule has 0 bridgehead atoms. The quantitative estimate of drug-likeness (QED) is 0.120. The molecule has 0 amide bonds. The van der Waals surface area contributed by atoms with E-state index in [1.54, 1.807) is 0 Å². The van der Waals surface area contributed by atoms with Crippen LogP contribution in [0.2, 0.25) is 0 Å². The number of nitrogens with zero attached hydrogens (tertiary/aromatic N) is 1. The zero-order valence-corrected chi connectivity index (χ0v) is 12.1. The molecule has 0 aromatic heterocycles. The summed E-state index contributed by atoms with van der Waals surface area (Å²) in [7, 11) is 0. The Morgan fingerprint density at radius 3 is 1.75 bits per heavy atom. The Balaban J connectivity index is 3.61. The number of aliphatic carboxylic acids is 1. The van der Waals surface area contributed by atoms with E-state index in [2.05, 4.69) is 4.74 Å². The van der Waals surface area contributed by atoms with Crippen LogP contribution in [-0.4, -0.2) is 97.4 Å². The minimum absolute atomic E-state index is 0.686. The van der Waals surface area contributed by atoms with E-state index in [0.717, 1.165) is 0 Å². The van der Waals surface area contributed by atoms with Crippen molar-refractivity contribution in [2.24, 2.45) is 0 Å². The lowest BCUT2D eigenvalue weighted by molar-refractivity contribution is -1.28. The second-order valence-electron chi connectivity index (χ2n) is 5.38. The summed E-state index contributed by atoms with van der Waals surface area (Å²) < 4.78 is 0.962. The first kappa shape index (κ1) is 20.6. The molecule has 1 rings (SSSR count). The summed E-state index contributed by atoms with van der Waals surface area (Å²) in [5, 5.41) is 95.7. The molecule has 1 atom stereocenters. The smallest absolute Gasteiger partial charge is 0.455 e. The van der Waals surface area contributed by atoms with Gasteiger partial charge in [-0.2, -0.15) is 0 Å². The zero-order chi connectivity index (χ0) is 19.4. The fourth-order valence-electron chi connectivity index (χ4n) is 2.81.